The Morgan fingerprint density at radius 3 is 2.56 bits per heavy atom. The Bertz CT molecular complexity index is 875. The van der Waals surface area contributed by atoms with Crippen molar-refractivity contribution < 1.29 is 9.50 Å². The molecule has 1 saturated carbocycles. The molecule has 2 N–H and O–H groups in total. The third-order valence-corrected chi connectivity index (χ3v) is 7.57. The van der Waals surface area contributed by atoms with Gasteiger partial charge in [0.05, 0.1) is 26.7 Å². The van der Waals surface area contributed by atoms with Gasteiger partial charge in [-0.05, 0) is 64.7 Å². The molecular weight excluding hydrogens is 335 g/mol. The molecule has 0 saturated heterocycles. The summed E-state index contributed by atoms with van der Waals surface area (Å²) in [4.78, 5) is 5.33. The highest BCUT2D eigenvalue weighted by Crippen LogP contribution is 2.59. The van der Waals surface area contributed by atoms with Crippen LogP contribution in [0.2, 0.25) is 0 Å². The van der Waals surface area contributed by atoms with Crippen molar-refractivity contribution >= 4 is 17.0 Å². The molecule has 0 radical (unpaired) electrons. The standard InChI is InChI=1S/C20H25FN2OS/c1-11-17(25-12(2)22-11)13-9-14-16(10-15(13)21)23-18(3,4)20(24)8-6-7-19(14,20)5/h9-10,23-24H,6-8H2,1-5H3. The van der Waals surface area contributed by atoms with Crippen LogP contribution in [0.15, 0.2) is 12.1 Å². The molecule has 2 aromatic rings. The van der Waals surface area contributed by atoms with Crippen LogP contribution in [0.25, 0.3) is 10.4 Å². The number of rotatable bonds is 1. The first kappa shape index (κ1) is 17.0. The lowest BCUT2D eigenvalue weighted by molar-refractivity contribution is -0.0628. The summed E-state index contributed by atoms with van der Waals surface area (Å²) in [5.41, 5.74) is 1.55. The SMILES string of the molecule is Cc1nc(C)c(-c2cc3c(cc2F)NC(C)(C)C2(O)CCCC32C)s1. The number of hydrogen-bond donors (Lipinski definition) is 2. The Kier molecular flexibility index (Phi) is 3.42. The Morgan fingerprint density at radius 1 is 1.20 bits per heavy atom. The Labute approximate surface area is 152 Å². The van der Waals surface area contributed by atoms with E-state index in [0.29, 0.717) is 5.56 Å². The molecule has 1 aliphatic carbocycles. The third kappa shape index (κ3) is 2.08. The molecule has 134 valence electrons. The molecule has 2 aliphatic rings. The zero-order valence-corrected chi connectivity index (χ0v) is 16.3. The van der Waals surface area contributed by atoms with E-state index < -0.39 is 11.1 Å². The van der Waals surface area contributed by atoms with Gasteiger partial charge in [0.25, 0.3) is 0 Å². The van der Waals surface area contributed by atoms with E-state index in [2.05, 4.69) is 17.2 Å². The molecule has 0 amide bonds. The van der Waals surface area contributed by atoms with Crippen molar-refractivity contribution in [2.24, 2.45) is 0 Å². The molecule has 25 heavy (non-hydrogen) atoms. The van der Waals surface area contributed by atoms with Crippen molar-refractivity contribution in [2.75, 3.05) is 5.32 Å². The van der Waals surface area contributed by atoms with Crippen LogP contribution < -0.4 is 5.32 Å². The van der Waals surface area contributed by atoms with E-state index in [4.69, 9.17) is 0 Å². The van der Waals surface area contributed by atoms with Crippen LogP contribution in [0.5, 0.6) is 0 Å². The lowest BCUT2D eigenvalue weighted by atomic mass is 9.60. The molecule has 3 nitrogen and oxygen atoms in total. The van der Waals surface area contributed by atoms with Gasteiger partial charge in [0.2, 0.25) is 0 Å². The van der Waals surface area contributed by atoms with Crippen LogP contribution in [0.1, 0.15) is 56.3 Å². The number of nitrogens with one attached hydrogen (secondary N) is 1. The van der Waals surface area contributed by atoms with Crippen molar-refractivity contribution in [1.29, 1.82) is 0 Å². The zero-order chi connectivity index (χ0) is 18.2. The van der Waals surface area contributed by atoms with Gasteiger partial charge in [-0.15, -0.1) is 11.3 Å². The smallest absolute Gasteiger partial charge is 0.133 e. The number of benzene rings is 1. The minimum Gasteiger partial charge on any atom is -0.387 e. The molecule has 0 bridgehead atoms. The highest BCUT2D eigenvalue weighted by Gasteiger charge is 2.62. The van der Waals surface area contributed by atoms with Gasteiger partial charge in [0, 0.05) is 16.7 Å². The van der Waals surface area contributed by atoms with Crippen LogP contribution >= 0.6 is 11.3 Å². The molecular formula is C20H25FN2OS. The van der Waals surface area contributed by atoms with Crippen molar-refractivity contribution in [1.82, 2.24) is 4.98 Å². The number of anilines is 1. The maximum absolute atomic E-state index is 14.9. The molecule has 2 heterocycles. The second-order valence-corrected chi connectivity index (χ2v) is 9.52. The molecule has 1 fully saturated rings. The van der Waals surface area contributed by atoms with E-state index in [1.54, 1.807) is 6.07 Å². The monoisotopic (exact) mass is 360 g/mol. The number of aromatic nitrogens is 1. The molecule has 1 aromatic heterocycles. The second-order valence-electron chi connectivity index (χ2n) is 8.32. The van der Waals surface area contributed by atoms with Crippen LogP contribution in [0.3, 0.4) is 0 Å². The zero-order valence-electron chi connectivity index (χ0n) is 15.5. The molecule has 2 atom stereocenters. The lowest BCUT2D eigenvalue weighted by Gasteiger charge is -2.55. The van der Waals surface area contributed by atoms with Crippen molar-refractivity contribution in [2.45, 2.75) is 70.4 Å². The van der Waals surface area contributed by atoms with Gasteiger partial charge in [0.1, 0.15) is 5.82 Å². The van der Waals surface area contributed by atoms with E-state index in [1.807, 2.05) is 33.8 Å². The molecule has 1 aliphatic heterocycles. The Balaban J connectivity index is 1.97. The maximum atomic E-state index is 14.9. The highest BCUT2D eigenvalue weighted by atomic mass is 32.1. The van der Waals surface area contributed by atoms with Crippen molar-refractivity contribution in [3.05, 3.63) is 34.2 Å². The van der Waals surface area contributed by atoms with Crippen LogP contribution in [-0.2, 0) is 5.41 Å². The summed E-state index contributed by atoms with van der Waals surface area (Å²) in [6, 6.07) is 3.55. The number of hydrogen-bond acceptors (Lipinski definition) is 4. The van der Waals surface area contributed by atoms with E-state index in [-0.39, 0.29) is 11.2 Å². The maximum Gasteiger partial charge on any atom is 0.133 e. The summed E-state index contributed by atoms with van der Waals surface area (Å²) >= 11 is 1.52. The van der Waals surface area contributed by atoms with Crippen LogP contribution in [0, 0.1) is 19.7 Å². The van der Waals surface area contributed by atoms with Gasteiger partial charge in [-0.1, -0.05) is 6.92 Å². The topological polar surface area (TPSA) is 45.2 Å². The van der Waals surface area contributed by atoms with E-state index in [9.17, 15) is 9.50 Å². The van der Waals surface area contributed by atoms with Gasteiger partial charge < -0.3 is 10.4 Å². The van der Waals surface area contributed by atoms with Crippen molar-refractivity contribution in [3.63, 3.8) is 0 Å². The molecule has 0 spiro atoms. The Hall–Kier alpha value is -1.46. The highest BCUT2D eigenvalue weighted by molar-refractivity contribution is 7.15. The number of thiazole rings is 1. The second kappa shape index (κ2) is 5.04. The van der Waals surface area contributed by atoms with E-state index in [1.165, 1.54) is 11.3 Å². The van der Waals surface area contributed by atoms with E-state index >= 15 is 0 Å². The predicted octanol–water partition coefficient (Wildman–Crippen LogP) is 4.94. The summed E-state index contributed by atoms with van der Waals surface area (Å²) in [6.45, 7) is 10.0. The first-order valence-corrected chi connectivity index (χ1v) is 9.70. The quantitative estimate of drug-likeness (QED) is 0.757. The van der Waals surface area contributed by atoms with Gasteiger partial charge in [-0.25, -0.2) is 9.37 Å². The minimum absolute atomic E-state index is 0.235. The summed E-state index contributed by atoms with van der Waals surface area (Å²) in [7, 11) is 0. The minimum atomic E-state index is -0.846. The number of fused-ring (bicyclic) bond motifs is 3. The van der Waals surface area contributed by atoms with Gasteiger partial charge >= 0.3 is 0 Å². The summed E-state index contributed by atoms with van der Waals surface area (Å²) in [6.07, 6.45) is 2.64. The number of nitrogens with zero attached hydrogens (tertiary/aromatic N) is 1. The Morgan fingerprint density at radius 2 is 1.92 bits per heavy atom. The van der Waals surface area contributed by atoms with Crippen LogP contribution in [-0.4, -0.2) is 21.2 Å². The average Bonchev–Trinajstić information content (AvgIpc) is 3.00. The third-order valence-electron chi connectivity index (χ3n) is 6.46. The van der Waals surface area contributed by atoms with E-state index in [0.717, 1.165) is 46.1 Å². The summed E-state index contributed by atoms with van der Waals surface area (Å²) in [5.74, 6) is -0.235. The fourth-order valence-corrected chi connectivity index (χ4v) is 6.01. The summed E-state index contributed by atoms with van der Waals surface area (Å²) in [5, 5.41) is 15.9. The number of aryl methyl sites for hydroxylation is 2. The van der Waals surface area contributed by atoms with Crippen LogP contribution in [0.4, 0.5) is 10.1 Å². The largest absolute Gasteiger partial charge is 0.387 e. The number of halogens is 1. The lowest BCUT2D eigenvalue weighted by Crippen LogP contribution is -2.65. The van der Waals surface area contributed by atoms with Gasteiger partial charge in [-0.2, -0.15) is 0 Å². The fourth-order valence-electron chi connectivity index (χ4n) is 5.07. The normalized spacial score (nSPS) is 29.9. The van der Waals surface area contributed by atoms with Gasteiger partial charge in [-0.3, -0.25) is 0 Å². The molecule has 1 aromatic carbocycles. The predicted molar refractivity (Wildman–Crippen MR) is 101 cm³/mol. The molecule has 2 unspecified atom stereocenters. The first-order valence-electron chi connectivity index (χ1n) is 8.88. The molecule has 5 heteroatoms. The fraction of sp³-hybridized carbons (Fsp3) is 0.550. The van der Waals surface area contributed by atoms with Gasteiger partial charge in [0.15, 0.2) is 0 Å². The number of aliphatic hydroxyl groups is 1. The summed E-state index contributed by atoms with van der Waals surface area (Å²) < 4.78 is 14.9. The average molecular weight is 360 g/mol. The van der Waals surface area contributed by atoms with Crippen molar-refractivity contribution in [3.8, 4) is 10.4 Å². The first-order chi connectivity index (χ1) is 11.6. The molecule has 4 rings (SSSR count).